The normalized spacial score (nSPS) is 13.8. The van der Waals surface area contributed by atoms with Crippen molar-refractivity contribution < 1.29 is 0 Å². The molecule has 0 fully saturated rings. The average molecular weight is 175 g/mol. The minimum absolute atomic E-state index is 0.355. The van der Waals surface area contributed by atoms with Crippen molar-refractivity contribution in [1.29, 1.82) is 0 Å². The summed E-state index contributed by atoms with van der Waals surface area (Å²) >= 11 is 3.38. The van der Waals surface area contributed by atoms with E-state index in [4.69, 9.17) is 0 Å². The fourth-order valence-electron chi connectivity index (χ4n) is 0.493. The first-order valence-corrected chi connectivity index (χ1v) is 3.36. The number of aromatic nitrogens is 2. The van der Waals surface area contributed by atoms with E-state index in [0.29, 0.717) is 4.83 Å². The van der Waals surface area contributed by atoms with Gasteiger partial charge in [0.05, 0.1) is 10.5 Å². The van der Waals surface area contributed by atoms with Gasteiger partial charge < -0.3 is 0 Å². The Morgan fingerprint density at radius 1 is 1.88 bits per heavy atom. The Hall–Kier alpha value is -0.310. The molecule has 1 atom stereocenters. The molecule has 0 saturated heterocycles. The van der Waals surface area contributed by atoms with Crippen molar-refractivity contribution in [3.8, 4) is 0 Å². The maximum atomic E-state index is 3.94. The van der Waals surface area contributed by atoms with Gasteiger partial charge in [0.15, 0.2) is 0 Å². The fourth-order valence-corrected chi connectivity index (χ4v) is 0.748. The van der Waals surface area contributed by atoms with Crippen LogP contribution in [0.5, 0.6) is 0 Å². The van der Waals surface area contributed by atoms with E-state index in [2.05, 4.69) is 26.1 Å². The topological polar surface area (TPSA) is 28.7 Å². The number of alkyl halides is 1. The van der Waals surface area contributed by atoms with Crippen LogP contribution in [0.2, 0.25) is 0 Å². The number of hydrogen-bond donors (Lipinski definition) is 1. The summed E-state index contributed by atoms with van der Waals surface area (Å²) in [5, 5.41) is 6.67. The molecular weight excluding hydrogens is 168 g/mol. The Kier molecular flexibility index (Phi) is 1.68. The second kappa shape index (κ2) is 2.31. The Morgan fingerprint density at radius 3 is 2.88 bits per heavy atom. The molecule has 1 heterocycles. The van der Waals surface area contributed by atoms with Crippen LogP contribution in [-0.2, 0) is 0 Å². The van der Waals surface area contributed by atoms with Crippen LogP contribution in [0.1, 0.15) is 17.4 Å². The van der Waals surface area contributed by atoms with E-state index in [0.717, 1.165) is 5.69 Å². The summed E-state index contributed by atoms with van der Waals surface area (Å²) < 4.78 is 0. The highest BCUT2D eigenvalue weighted by atomic mass is 79.9. The summed E-state index contributed by atoms with van der Waals surface area (Å²) in [4.78, 5) is 0.355. The Morgan fingerprint density at radius 2 is 2.62 bits per heavy atom. The molecule has 0 aliphatic rings. The van der Waals surface area contributed by atoms with Crippen molar-refractivity contribution in [2.45, 2.75) is 11.8 Å². The van der Waals surface area contributed by atoms with E-state index in [-0.39, 0.29) is 0 Å². The molecule has 1 aromatic heterocycles. The lowest BCUT2D eigenvalue weighted by Crippen LogP contribution is -1.81. The third kappa shape index (κ3) is 1.10. The van der Waals surface area contributed by atoms with Crippen LogP contribution in [0.15, 0.2) is 12.3 Å². The van der Waals surface area contributed by atoms with Crippen molar-refractivity contribution >= 4 is 15.9 Å². The molecule has 1 N–H and O–H groups in total. The zero-order chi connectivity index (χ0) is 5.98. The predicted octanol–water partition coefficient (Wildman–Crippen LogP) is 1.87. The van der Waals surface area contributed by atoms with Gasteiger partial charge in [-0.2, -0.15) is 5.10 Å². The molecule has 0 aromatic carbocycles. The first kappa shape index (κ1) is 5.82. The van der Waals surface area contributed by atoms with Crippen molar-refractivity contribution in [1.82, 2.24) is 10.2 Å². The number of rotatable bonds is 1. The maximum Gasteiger partial charge on any atom is 0.0755 e. The summed E-state index contributed by atoms with van der Waals surface area (Å²) in [5.74, 6) is 0. The molecule has 44 valence electrons. The van der Waals surface area contributed by atoms with E-state index in [9.17, 15) is 0 Å². The zero-order valence-corrected chi connectivity index (χ0v) is 6.14. The minimum atomic E-state index is 0.355. The van der Waals surface area contributed by atoms with Crippen molar-refractivity contribution in [2.24, 2.45) is 0 Å². The molecule has 8 heavy (non-hydrogen) atoms. The van der Waals surface area contributed by atoms with Crippen LogP contribution in [0.25, 0.3) is 0 Å². The lowest BCUT2D eigenvalue weighted by Gasteiger charge is -1.91. The third-order valence-electron chi connectivity index (χ3n) is 0.930. The van der Waals surface area contributed by atoms with Crippen LogP contribution in [0, 0.1) is 0 Å². The van der Waals surface area contributed by atoms with Crippen molar-refractivity contribution in [3.63, 3.8) is 0 Å². The summed E-state index contributed by atoms with van der Waals surface area (Å²) in [5.41, 5.74) is 1.05. The van der Waals surface area contributed by atoms with E-state index < -0.39 is 0 Å². The van der Waals surface area contributed by atoms with Gasteiger partial charge in [-0.05, 0) is 13.0 Å². The van der Waals surface area contributed by atoms with Gasteiger partial charge in [-0.3, -0.25) is 5.10 Å². The monoisotopic (exact) mass is 174 g/mol. The molecule has 0 aliphatic carbocycles. The smallest absolute Gasteiger partial charge is 0.0755 e. The van der Waals surface area contributed by atoms with E-state index in [1.807, 2.05) is 19.2 Å². The number of halogens is 1. The molecule has 0 aliphatic heterocycles. The highest BCUT2D eigenvalue weighted by molar-refractivity contribution is 9.09. The SMILES string of the molecule is CC(Br)c1cc[nH]n1. The molecule has 1 aromatic rings. The van der Waals surface area contributed by atoms with Crippen LogP contribution >= 0.6 is 15.9 Å². The largest absolute Gasteiger partial charge is 0.285 e. The van der Waals surface area contributed by atoms with E-state index in [1.54, 1.807) is 0 Å². The number of aromatic amines is 1. The van der Waals surface area contributed by atoms with Gasteiger partial charge >= 0.3 is 0 Å². The summed E-state index contributed by atoms with van der Waals surface area (Å²) in [6, 6.07) is 1.94. The number of nitrogens with zero attached hydrogens (tertiary/aromatic N) is 1. The quantitative estimate of drug-likeness (QED) is 0.648. The van der Waals surface area contributed by atoms with Gasteiger partial charge in [-0.1, -0.05) is 15.9 Å². The van der Waals surface area contributed by atoms with E-state index >= 15 is 0 Å². The molecule has 3 heteroatoms. The molecule has 0 amide bonds. The molecule has 1 unspecified atom stereocenters. The van der Waals surface area contributed by atoms with Gasteiger partial charge in [0.25, 0.3) is 0 Å². The van der Waals surface area contributed by atoms with Crippen molar-refractivity contribution in [3.05, 3.63) is 18.0 Å². The summed E-state index contributed by atoms with van der Waals surface area (Å²) in [6.45, 7) is 2.04. The van der Waals surface area contributed by atoms with Gasteiger partial charge in [-0.25, -0.2) is 0 Å². The van der Waals surface area contributed by atoms with Crippen LogP contribution in [0.3, 0.4) is 0 Å². The number of H-pyrrole nitrogens is 1. The maximum absolute atomic E-state index is 3.94. The number of nitrogens with one attached hydrogen (secondary N) is 1. The molecule has 1 rings (SSSR count). The Bertz CT molecular complexity index is 145. The fraction of sp³-hybridized carbons (Fsp3) is 0.400. The predicted molar refractivity (Wildman–Crippen MR) is 35.9 cm³/mol. The lowest BCUT2D eigenvalue weighted by molar-refractivity contribution is 0.968. The molecule has 0 radical (unpaired) electrons. The lowest BCUT2D eigenvalue weighted by atomic mass is 10.3. The van der Waals surface area contributed by atoms with Gasteiger partial charge in [0.2, 0.25) is 0 Å². The van der Waals surface area contributed by atoms with Crippen LogP contribution < -0.4 is 0 Å². The molecule has 2 nitrogen and oxygen atoms in total. The Labute approximate surface area is 56.4 Å². The summed E-state index contributed by atoms with van der Waals surface area (Å²) in [6.07, 6.45) is 1.81. The third-order valence-corrected chi connectivity index (χ3v) is 1.40. The minimum Gasteiger partial charge on any atom is -0.285 e. The Balaban J connectivity index is 2.77. The van der Waals surface area contributed by atoms with Gasteiger partial charge in [0, 0.05) is 6.20 Å². The summed E-state index contributed by atoms with van der Waals surface area (Å²) in [7, 11) is 0. The standard InChI is InChI=1S/C5H7BrN2/c1-4(6)5-2-3-7-8-5/h2-4H,1H3,(H,7,8). The van der Waals surface area contributed by atoms with E-state index in [1.165, 1.54) is 0 Å². The molecular formula is C5H7BrN2. The van der Waals surface area contributed by atoms with Gasteiger partial charge in [0.1, 0.15) is 0 Å². The van der Waals surface area contributed by atoms with Crippen LogP contribution in [-0.4, -0.2) is 10.2 Å². The second-order valence-electron chi connectivity index (χ2n) is 1.62. The van der Waals surface area contributed by atoms with Crippen LogP contribution in [0.4, 0.5) is 0 Å². The highest BCUT2D eigenvalue weighted by Crippen LogP contribution is 2.17. The second-order valence-corrected chi connectivity index (χ2v) is 2.99. The highest BCUT2D eigenvalue weighted by Gasteiger charge is 1.99. The van der Waals surface area contributed by atoms with Gasteiger partial charge in [-0.15, -0.1) is 0 Å². The number of hydrogen-bond acceptors (Lipinski definition) is 1. The molecule has 0 saturated carbocycles. The average Bonchev–Trinajstić information content (AvgIpc) is 2.12. The zero-order valence-electron chi connectivity index (χ0n) is 4.56. The molecule has 0 spiro atoms. The first-order chi connectivity index (χ1) is 3.80. The molecule has 0 bridgehead atoms. The first-order valence-electron chi connectivity index (χ1n) is 2.44. The van der Waals surface area contributed by atoms with Crippen molar-refractivity contribution in [2.75, 3.05) is 0 Å².